The molecule has 14 heavy (non-hydrogen) atoms. The number of thioether (sulfide) groups is 1. The van der Waals surface area contributed by atoms with E-state index in [-0.39, 0.29) is 0 Å². The van der Waals surface area contributed by atoms with Crippen molar-refractivity contribution in [2.24, 2.45) is 11.7 Å². The number of nitrogens with two attached hydrogens (primary N) is 1. The molecule has 2 atom stereocenters. The molecule has 0 aliphatic heterocycles. The van der Waals surface area contributed by atoms with Crippen LogP contribution in [0.25, 0.3) is 0 Å². The third-order valence-electron chi connectivity index (χ3n) is 2.91. The zero-order chi connectivity index (χ0) is 10.2. The molecule has 1 fully saturated rings. The zero-order valence-electron chi connectivity index (χ0n) is 9.21. The second kappa shape index (κ2) is 7.55. The molecule has 1 aliphatic carbocycles. The average molecular weight is 217 g/mol. The maximum atomic E-state index is 5.89. The van der Waals surface area contributed by atoms with Crippen molar-refractivity contribution in [1.82, 2.24) is 0 Å². The van der Waals surface area contributed by atoms with Crippen LogP contribution < -0.4 is 5.73 Å². The second-order valence-corrected chi connectivity index (χ2v) is 5.28. The fraction of sp³-hybridized carbons (Fsp3) is 1.00. The molecule has 0 spiro atoms. The van der Waals surface area contributed by atoms with E-state index in [2.05, 4.69) is 6.92 Å². The minimum Gasteiger partial charge on any atom is -0.377 e. The lowest BCUT2D eigenvalue weighted by molar-refractivity contribution is 0.000314. The zero-order valence-corrected chi connectivity index (χ0v) is 10.0. The van der Waals surface area contributed by atoms with E-state index in [0.29, 0.717) is 12.0 Å². The van der Waals surface area contributed by atoms with Crippen LogP contribution in [0, 0.1) is 5.92 Å². The monoisotopic (exact) mass is 217 g/mol. The minimum absolute atomic E-state index is 0.450. The molecule has 0 heterocycles. The Morgan fingerprint density at radius 2 is 2.14 bits per heavy atom. The van der Waals surface area contributed by atoms with Gasteiger partial charge in [0.05, 0.1) is 12.7 Å². The van der Waals surface area contributed by atoms with E-state index in [4.69, 9.17) is 10.5 Å². The third-order valence-corrected chi connectivity index (χ3v) is 3.77. The van der Waals surface area contributed by atoms with Crippen molar-refractivity contribution in [2.75, 3.05) is 24.7 Å². The first kappa shape index (κ1) is 12.3. The van der Waals surface area contributed by atoms with Crippen LogP contribution in [0.2, 0.25) is 0 Å². The molecular weight excluding hydrogens is 194 g/mol. The lowest BCUT2D eigenvalue weighted by atomic mass is 9.86. The molecule has 0 radical (unpaired) electrons. The van der Waals surface area contributed by atoms with Crippen LogP contribution >= 0.6 is 11.8 Å². The van der Waals surface area contributed by atoms with Crippen molar-refractivity contribution < 1.29 is 4.74 Å². The summed E-state index contributed by atoms with van der Waals surface area (Å²) in [7, 11) is 0. The van der Waals surface area contributed by atoms with E-state index < -0.39 is 0 Å². The van der Waals surface area contributed by atoms with Crippen LogP contribution in [0.4, 0.5) is 0 Å². The van der Waals surface area contributed by atoms with Gasteiger partial charge in [-0.1, -0.05) is 19.8 Å². The molecule has 0 aromatic rings. The van der Waals surface area contributed by atoms with Gasteiger partial charge in [-0.3, -0.25) is 0 Å². The maximum Gasteiger partial charge on any atom is 0.0615 e. The Bertz CT molecular complexity index is 143. The lowest BCUT2D eigenvalue weighted by Gasteiger charge is -2.30. The van der Waals surface area contributed by atoms with Crippen molar-refractivity contribution in [2.45, 2.75) is 38.7 Å². The van der Waals surface area contributed by atoms with Gasteiger partial charge in [-0.05, 0) is 31.1 Å². The normalized spacial score (nSPS) is 27.9. The summed E-state index contributed by atoms with van der Waals surface area (Å²) in [4.78, 5) is 0. The fourth-order valence-electron chi connectivity index (χ4n) is 2.07. The van der Waals surface area contributed by atoms with Crippen LogP contribution in [0.1, 0.15) is 32.6 Å². The number of hydrogen-bond donors (Lipinski definition) is 1. The number of hydrogen-bond acceptors (Lipinski definition) is 3. The molecule has 0 aromatic carbocycles. The van der Waals surface area contributed by atoms with Crippen LogP contribution in [0.3, 0.4) is 0 Å². The largest absolute Gasteiger partial charge is 0.377 e. The molecular formula is C11H23NOS. The molecule has 0 amide bonds. The van der Waals surface area contributed by atoms with E-state index >= 15 is 0 Å². The first-order valence-electron chi connectivity index (χ1n) is 5.78. The average Bonchev–Trinajstić information content (AvgIpc) is 2.25. The van der Waals surface area contributed by atoms with Gasteiger partial charge in [-0.2, -0.15) is 11.8 Å². The number of rotatable bonds is 6. The highest BCUT2D eigenvalue weighted by molar-refractivity contribution is 7.99. The molecule has 0 bridgehead atoms. The Labute approximate surface area is 92.0 Å². The van der Waals surface area contributed by atoms with Gasteiger partial charge in [0.2, 0.25) is 0 Å². The van der Waals surface area contributed by atoms with Gasteiger partial charge in [-0.25, -0.2) is 0 Å². The SMILES string of the molecule is CCSCCOC1CCCCC1CN. The Hall–Kier alpha value is 0.270. The fourth-order valence-corrected chi connectivity index (χ4v) is 2.57. The molecule has 0 aromatic heterocycles. The van der Waals surface area contributed by atoms with Gasteiger partial charge in [0, 0.05) is 5.75 Å². The predicted octanol–water partition coefficient (Wildman–Crippen LogP) is 2.27. The van der Waals surface area contributed by atoms with E-state index in [0.717, 1.165) is 18.9 Å². The van der Waals surface area contributed by atoms with Crippen molar-refractivity contribution in [3.63, 3.8) is 0 Å². The molecule has 84 valence electrons. The van der Waals surface area contributed by atoms with Crippen LogP contribution in [0.15, 0.2) is 0 Å². The third kappa shape index (κ3) is 4.20. The number of ether oxygens (including phenoxy) is 1. The van der Waals surface area contributed by atoms with Crippen LogP contribution in [-0.4, -0.2) is 30.8 Å². The van der Waals surface area contributed by atoms with Gasteiger partial charge in [0.25, 0.3) is 0 Å². The molecule has 1 rings (SSSR count). The Morgan fingerprint density at radius 3 is 2.86 bits per heavy atom. The van der Waals surface area contributed by atoms with Crippen LogP contribution in [-0.2, 0) is 4.74 Å². The summed E-state index contributed by atoms with van der Waals surface area (Å²) in [6, 6.07) is 0. The van der Waals surface area contributed by atoms with E-state index in [1.807, 2.05) is 11.8 Å². The molecule has 1 saturated carbocycles. The van der Waals surface area contributed by atoms with Crippen molar-refractivity contribution >= 4 is 11.8 Å². The summed E-state index contributed by atoms with van der Waals surface area (Å²) in [6.45, 7) is 3.89. The van der Waals surface area contributed by atoms with Gasteiger partial charge in [0.15, 0.2) is 0 Å². The molecule has 2 nitrogen and oxygen atoms in total. The summed E-state index contributed by atoms with van der Waals surface area (Å²) in [6.07, 6.45) is 5.60. The van der Waals surface area contributed by atoms with Crippen LogP contribution in [0.5, 0.6) is 0 Å². The first-order valence-corrected chi connectivity index (χ1v) is 6.93. The highest BCUT2D eigenvalue weighted by atomic mass is 32.2. The minimum atomic E-state index is 0.450. The quantitative estimate of drug-likeness (QED) is 0.693. The van der Waals surface area contributed by atoms with Gasteiger partial charge >= 0.3 is 0 Å². The highest BCUT2D eigenvalue weighted by Gasteiger charge is 2.24. The summed E-state index contributed by atoms with van der Waals surface area (Å²) in [5.74, 6) is 2.94. The van der Waals surface area contributed by atoms with E-state index in [9.17, 15) is 0 Å². The Morgan fingerprint density at radius 1 is 1.36 bits per heavy atom. The van der Waals surface area contributed by atoms with Gasteiger partial charge in [-0.15, -0.1) is 0 Å². The van der Waals surface area contributed by atoms with Crippen molar-refractivity contribution in [1.29, 1.82) is 0 Å². The van der Waals surface area contributed by atoms with E-state index in [1.54, 1.807) is 0 Å². The highest BCUT2D eigenvalue weighted by Crippen LogP contribution is 2.26. The predicted molar refractivity (Wildman–Crippen MR) is 63.8 cm³/mol. The topological polar surface area (TPSA) is 35.2 Å². The Balaban J connectivity index is 2.13. The summed E-state index contributed by atoms with van der Waals surface area (Å²) >= 11 is 1.95. The standard InChI is InChI=1S/C11H23NOS/c1-2-14-8-7-13-11-6-4-3-5-10(11)9-12/h10-11H,2-9,12H2,1H3. The molecule has 3 heteroatoms. The summed E-state index contributed by atoms with van der Waals surface area (Å²) < 4.78 is 5.89. The van der Waals surface area contributed by atoms with Gasteiger partial charge < -0.3 is 10.5 Å². The first-order chi connectivity index (χ1) is 6.88. The molecule has 1 aliphatic rings. The molecule has 2 unspecified atom stereocenters. The maximum absolute atomic E-state index is 5.89. The smallest absolute Gasteiger partial charge is 0.0615 e. The van der Waals surface area contributed by atoms with Crippen molar-refractivity contribution in [3.05, 3.63) is 0 Å². The summed E-state index contributed by atoms with van der Waals surface area (Å²) in [5, 5.41) is 0. The molecule has 0 saturated heterocycles. The second-order valence-electron chi connectivity index (χ2n) is 3.89. The molecule has 2 N–H and O–H groups in total. The van der Waals surface area contributed by atoms with Gasteiger partial charge in [0.1, 0.15) is 0 Å². The van der Waals surface area contributed by atoms with Crippen molar-refractivity contribution in [3.8, 4) is 0 Å². The summed E-state index contributed by atoms with van der Waals surface area (Å²) in [5.41, 5.74) is 5.74. The lowest BCUT2D eigenvalue weighted by Crippen LogP contribution is -2.33. The Kier molecular flexibility index (Phi) is 6.65. The van der Waals surface area contributed by atoms with E-state index in [1.165, 1.54) is 31.4 Å².